The summed E-state index contributed by atoms with van der Waals surface area (Å²) < 4.78 is 31.8. The van der Waals surface area contributed by atoms with Crippen molar-refractivity contribution in [3.05, 3.63) is 47.7 Å². The number of nitrogens with two attached hydrogens (primary N) is 1. The normalized spacial score (nSPS) is 11.0. The van der Waals surface area contributed by atoms with Gasteiger partial charge >= 0.3 is 5.97 Å². The second-order valence-electron chi connectivity index (χ2n) is 5.54. The van der Waals surface area contributed by atoms with E-state index in [-0.39, 0.29) is 17.2 Å². The third kappa shape index (κ3) is 5.76. The van der Waals surface area contributed by atoms with Gasteiger partial charge in [0.2, 0.25) is 16.8 Å². The van der Waals surface area contributed by atoms with Crippen LogP contribution in [0.3, 0.4) is 0 Å². The minimum atomic E-state index is -4.08. The Labute approximate surface area is 155 Å². The fraction of sp³-hybridized carbons (Fsp3) is 0.235. The Kier molecular flexibility index (Phi) is 6.48. The van der Waals surface area contributed by atoms with Crippen molar-refractivity contribution in [2.75, 3.05) is 11.9 Å². The van der Waals surface area contributed by atoms with Crippen LogP contribution >= 0.6 is 0 Å². The van der Waals surface area contributed by atoms with Crippen molar-refractivity contribution >= 4 is 33.4 Å². The molecular formula is C17H18N2O7S. The average Bonchev–Trinajstić information content (AvgIpc) is 3.11. The van der Waals surface area contributed by atoms with Crippen molar-refractivity contribution in [2.45, 2.75) is 24.9 Å². The molecule has 27 heavy (non-hydrogen) atoms. The van der Waals surface area contributed by atoms with Crippen LogP contribution in [0, 0.1) is 0 Å². The molecule has 9 nitrogen and oxygen atoms in total. The number of anilines is 1. The fourth-order valence-electron chi connectivity index (χ4n) is 2.06. The molecule has 144 valence electrons. The fourth-order valence-corrected chi connectivity index (χ4v) is 2.52. The molecule has 0 aliphatic rings. The van der Waals surface area contributed by atoms with E-state index in [1.807, 2.05) is 6.92 Å². The highest BCUT2D eigenvalue weighted by molar-refractivity contribution is 7.89. The van der Waals surface area contributed by atoms with E-state index in [1.165, 1.54) is 12.1 Å². The zero-order chi connectivity index (χ0) is 20.0. The first-order valence-corrected chi connectivity index (χ1v) is 9.48. The van der Waals surface area contributed by atoms with E-state index in [4.69, 9.17) is 14.3 Å². The smallest absolute Gasteiger partial charge is 0.374 e. The molecule has 0 aliphatic carbocycles. The maximum atomic E-state index is 12.1. The van der Waals surface area contributed by atoms with Crippen LogP contribution in [0.25, 0.3) is 0 Å². The SMILES string of the molecule is CCCC(=O)Nc1ccc(C(=O)COC(=O)c2ccc(S(N)(=O)=O)o2)cc1. The van der Waals surface area contributed by atoms with Gasteiger partial charge in [0.15, 0.2) is 12.4 Å². The molecule has 0 saturated heterocycles. The van der Waals surface area contributed by atoms with Crippen molar-refractivity contribution in [2.24, 2.45) is 5.14 Å². The summed E-state index contributed by atoms with van der Waals surface area (Å²) in [5, 5.41) is 6.98. The quantitative estimate of drug-likeness (QED) is 0.512. The number of Topliss-reactive ketones (excluding diaryl/α,β-unsaturated/α-hetero) is 1. The van der Waals surface area contributed by atoms with Crippen LogP contribution in [0.4, 0.5) is 5.69 Å². The molecule has 1 aromatic carbocycles. The highest BCUT2D eigenvalue weighted by Crippen LogP contribution is 2.14. The molecule has 3 N–H and O–H groups in total. The van der Waals surface area contributed by atoms with Crippen LogP contribution in [0.2, 0.25) is 0 Å². The summed E-state index contributed by atoms with van der Waals surface area (Å²) in [6.45, 7) is 1.33. The Hall–Kier alpha value is -2.98. The van der Waals surface area contributed by atoms with Crippen molar-refractivity contribution in [1.29, 1.82) is 0 Å². The third-order valence-electron chi connectivity index (χ3n) is 3.36. The largest absolute Gasteiger partial charge is 0.451 e. The van der Waals surface area contributed by atoms with E-state index in [9.17, 15) is 22.8 Å². The average molecular weight is 394 g/mol. The zero-order valence-corrected chi connectivity index (χ0v) is 15.2. The molecule has 0 fully saturated rings. The molecule has 1 heterocycles. The van der Waals surface area contributed by atoms with E-state index in [0.29, 0.717) is 12.1 Å². The van der Waals surface area contributed by atoms with Gasteiger partial charge in [-0.2, -0.15) is 0 Å². The van der Waals surface area contributed by atoms with E-state index in [0.717, 1.165) is 18.6 Å². The summed E-state index contributed by atoms with van der Waals surface area (Å²) in [4.78, 5) is 35.4. The van der Waals surface area contributed by atoms with Crippen molar-refractivity contribution in [3.63, 3.8) is 0 Å². The molecular weight excluding hydrogens is 376 g/mol. The van der Waals surface area contributed by atoms with E-state index in [2.05, 4.69) is 5.32 Å². The molecule has 0 atom stereocenters. The van der Waals surface area contributed by atoms with Crippen molar-refractivity contribution in [3.8, 4) is 0 Å². The van der Waals surface area contributed by atoms with Gasteiger partial charge in [0, 0.05) is 17.7 Å². The molecule has 1 aromatic heterocycles. The van der Waals surface area contributed by atoms with Gasteiger partial charge in [0.25, 0.3) is 10.0 Å². The number of rotatable bonds is 8. The van der Waals surface area contributed by atoms with Crippen molar-refractivity contribution in [1.82, 2.24) is 0 Å². The Morgan fingerprint density at radius 2 is 1.78 bits per heavy atom. The number of carbonyl (C=O) groups is 3. The molecule has 0 aliphatic heterocycles. The van der Waals surface area contributed by atoms with Gasteiger partial charge in [0.1, 0.15) is 0 Å². The van der Waals surface area contributed by atoms with Gasteiger partial charge in [-0.3, -0.25) is 9.59 Å². The van der Waals surface area contributed by atoms with Gasteiger partial charge in [0.05, 0.1) is 0 Å². The summed E-state index contributed by atoms with van der Waals surface area (Å²) in [6, 6.07) is 8.20. The lowest BCUT2D eigenvalue weighted by Gasteiger charge is -2.06. The number of hydrogen-bond acceptors (Lipinski definition) is 7. The Morgan fingerprint density at radius 1 is 1.11 bits per heavy atom. The maximum absolute atomic E-state index is 12.1. The number of nitrogens with one attached hydrogen (secondary N) is 1. The molecule has 0 radical (unpaired) electrons. The van der Waals surface area contributed by atoms with Crippen LogP contribution in [0.1, 0.15) is 40.7 Å². The number of hydrogen-bond donors (Lipinski definition) is 2. The predicted molar refractivity (Wildman–Crippen MR) is 94.7 cm³/mol. The summed E-state index contributed by atoms with van der Waals surface area (Å²) in [6.07, 6.45) is 1.12. The second kappa shape index (κ2) is 8.60. The predicted octanol–water partition coefficient (Wildman–Crippen LogP) is 1.71. The van der Waals surface area contributed by atoms with Gasteiger partial charge < -0.3 is 14.5 Å². The van der Waals surface area contributed by atoms with Crippen LogP contribution in [-0.4, -0.2) is 32.7 Å². The highest BCUT2D eigenvalue weighted by atomic mass is 32.2. The second-order valence-corrected chi connectivity index (χ2v) is 7.03. The van der Waals surface area contributed by atoms with Gasteiger partial charge in [-0.1, -0.05) is 6.92 Å². The first-order valence-electron chi connectivity index (χ1n) is 7.93. The molecule has 10 heteroatoms. The lowest BCUT2D eigenvalue weighted by molar-refractivity contribution is -0.116. The van der Waals surface area contributed by atoms with Gasteiger partial charge in [-0.05, 0) is 42.8 Å². The standard InChI is InChI=1S/C17H18N2O7S/c1-2-3-15(21)19-12-6-4-11(5-7-12)13(20)10-25-17(22)14-8-9-16(26-14)27(18,23)24/h4-9H,2-3,10H2,1H3,(H,19,21)(H2,18,23,24). The molecule has 0 spiro atoms. The number of ether oxygens (including phenoxy) is 1. The Morgan fingerprint density at radius 3 is 2.33 bits per heavy atom. The zero-order valence-electron chi connectivity index (χ0n) is 14.4. The molecule has 1 amide bonds. The first-order chi connectivity index (χ1) is 12.7. The number of carbonyl (C=O) groups excluding carboxylic acids is 3. The van der Waals surface area contributed by atoms with E-state index < -0.39 is 33.5 Å². The number of amides is 1. The topological polar surface area (TPSA) is 146 Å². The van der Waals surface area contributed by atoms with Crippen LogP contribution in [0.5, 0.6) is 0 Å². The number of ketones is 1. The van der Waals surface area contributed by atoms with Gasteiger partial charge in [-0.15, -0.1) is 0 Å². The summed E-state index contributed by atoms with van der Waals surface area (Å²) in [7, 11) is -4.08. The molecule has 2 rings (SSSR count). The van der Waals surface area contributed by atoms with Crippen LogP contribution < -0.4 is 10.5 Å². The van der Waals surface area contributed by atoms with E-state index in [1.54, 1.807) is 12.1 Å². The van der Waals surface area contributed by atoms with Crippen LogP contribution in [-0.2, 0) is 19.6 Å². The number of furan rings is 1. The first kappa shape index (κ1) is 20.3. The van der Waals surface area contributed by atoms with Crippen LogP contribution in [0.15, 0.2) is 45.9 Å². The molecule has 2 aromatic rings. The van der Waals surface area contributed by atoms with Crippen molar-refractivity contribution < 1.29 is 32.0 Å². The molecule has 0 bridgehead atoms. The number of primary sulfonamides is 1. The summed E-state index contributed by atoms with van der Waals surface area (Å²) >= 11 is 0. The molecule has 0 unspecified atom stereocenters. The highest BCUT2D eigenvalue weighted by Gasteiger charge is 2.19. The summed E-state index contributed by atoms with van der Waals surface area (Å²) in [5.74, 6) is -1.99. The van der Waals surface area contributed by atoms with E-state index >= 15 is 0 Å². The number of sulfonamides is 1. The minimum Gasteiger partial charge on any atom is -0.451 e. The Bertz CT molecular complexity index is 946. The van der Waals surface area contributed by atoms with Gasteiger partial charge in [-0.25, -0.2) is 18.4 Å². The summed E-state index contributed by atoms with van der Waals surface area (Å²) in [5.41, 5.74) is 0.828. The third-order valence-corrected chi connectivity index (χ3v) is 4.15. The lowest BCUT2D eigenvalue weighted by Crippen LogP contribution is -2.15. The minimum absolute atomic E-state index is 0.122. The Balaban J connectivity index is 1.92. The number of esters is 1. The molecule has 0 saturated carbocycles. The number of benzene rings is 1. The monoisotopic (exact) mass is 394 g/mol. The lowest BCUT2D eigenvalue weighted by atomic mass is 10.1. The maximum Gasteiger partial charge on any atom is 0.374 e.